The van der Waals surface area contributed by atoms with Crippen LogP contribution in [0.1, 0.15) is 50.7 Å². The quantitative estimate of drug-likeness (QED) is 0.254. The fourth-order valence-electron chi connectivity index (χ4n) is 5.25. The number of aliphatic hydroxyl groups excluding tert-OH is 3. The first-order valence-electron chi connectivity index (χ1n) is 13.3. The topological polar surface area (TPSA) is 144 Å². The van der Waals surface area contributed by atoms with Gasteiger partial charge in [-0.3, -0.25) is 5.32 Å². The Morgan fingerprint density at radius 2 is 1.90 bits per heavy atom. The molecule has 3 rings (SSSR count). The molecule has 5 N–H and O–H groups in total. The van der Waals surface area contributed by atoms with Gasteiger partial charge in [0.2, 0.25) is 0 Å². The number of hydrogen-bond donors (Lipinski definition) is 5. The van der Waals surface area contributed by atoms with Gasteiger partial charge in [0.15, 0.2) is 6.23 Å². The van der Waals surface area contributed by atoms with Gasteiger partial charge in [-0.25, -0.2) is 9.18 Å². The third-order valence-electron chi connectivity index (χ3n) is 6.93. The van der Waals surface area contributed by atoms with Crippen molar-refractivity contribution < 1.29 is 34.0 Å². The number of halogens is 3. The summed E-state index contributed by atoms with van der Waals surface area (Å²) in [5.41, 5.74) is -1.54. The molecule has 5 atom stereocenters. The molecule has 0 aromatic heterocycles. The second-order valence-corrected chi connectivity index (χ2v) is 12.1. The van der Waals surface area contributed by atoms with E-state index in [2.05, 4.69) is 16.7 Å². The predicted octanol–water partition coefficient (Wildman–Crippen LogP) is 4.25. The number of nitriles is 1. The van der Waals surface area contributed by atoms with Crippen LogP contribution in [-0.2, 0) is 10.2 Å². The van der Waals surface area contributed by atoms with E-state index in [-0.39, 0.29) is 47.9 Å². The molecule has 1 fully saturated rings. The van der Waals surface area contributed by atoms with Gasteiger partial charge in [-0.2, -0.15) is 5.26 Å². The molecule has 0 aliphatic carbocycles. The van der Waals surface area contributed by atoms with Gasteiger partial charge in [0.25, 0.3) is 0 Å². The summed E-state index contributed by atoms with van der Waals surface area (Å²) >= 11 is 12.5. The highest BCUT2D eigenvalue weighted by molar-refractivity contribution is 6.31. The van der Waals surface area contributed by atoms with Gasteiger partial charge in [-0.1, -0.05) is 50.0 Å². The highest BCUT2D eigenvalue weighted by Crippen LogP contribution is 2.54. The van der Waals surface area contributed by atoms with Crippen LogP contribution in [0.4, 0.5) is 9.18 Å². The summed E-state index contributed by atoms with van der Waals surface area (Å²) in [5.74, 6) is -1.45. The van der Waals surface area contributed by atoms with Crippen LogP contribution in [-0.4, -0.2) is 66.2 Å². The number of carbonyl (C=O) groups is 1. The van der Waals surface area contributed by atoms with Gasteiger partial charge in [-0.05, 0) is 48.6 Å². The molecule has 1 saturated heterocycles. The predicted molar refractivity (Wildman–Crippen MR) is 152 cm³/mol. The van der Waals surface area contributed by atoms with Gasteiger partial charge in [-0.15, -0.1) is 0 Å². The minimum Gasteiger partial charge on any atom is -0.491 e. The molecule has 0 bridgehead atoms. The smallest absolute Gasteiger partial charge is 0.408 e. The molecule has 41 heavy (non-hydrogen) atoms. The molecule has 1 heterocycles. The Morgan fingerprint density at radius 1 is 1.22 bits per heavy atom. The lowest BCUT2D eigenvalue weighted by atomic mass is 9.63. The zero-order chi connectivity index (χ0) is 30.4. The normalized spacial score (nSPS) is 23.1. The number of nitrogens with one attached hydrogen (secondary N) is 2. The summed E-state index contributed by atoms with van der Waals surface area (Å²) in [7, 11) is 0. The maximum atomic E-state index is 15.8. The van der Waals surface area contributed by atoms with E-state index in [0.717, 1.165) is 6.07 Å². The van der Waals surface area contributed by atoms with Crippen LogP contribution < -0.4 is 15.4 Å². The number of alkyl carbamates (subject to hydrolysis) is 1. The Morgan fingerprint density at radius 3 is 2.51 bits per heavy atom. The molecule has 0 unspecified atom stereocenters. The summed E-state index contributed by atoms with van der Waals surface area (Å²) in [4.78, 5) is 12.9. The van der Waals surface area contributed by atoms with Gasteiger partial charge >= 0.3 is 6.09 Å². The molecule has 2 aromatic rings. The van der Waals surface area contributed by atoms with Crippen molar-refractivity contribution in [2.75, 3.05) is 26.4 Å². The molecule has 9 nitrogen and oxygen atoms in total. The Kier molecular flexibility index (Phi) is 11.2. The Hall–Kier alpha value is -2.65. The minimum atomic E-state index is -1.64. The lowest BCUT2D eigenvalue weighted by Crippen LogP contribution is -2.44. The van der Waals surface area contributed by atoms with E-state index in [4.69, 9.17) is 37.8 Å². The third kappa shape index (κ3) is 7.80. The van der Waals surface area contributed by atoms with Crippen LogP contribution >= 0.6 is 23.2 Å². The first-order chi connectivity index (χ1) is 19.4. The van der Waals surface area contributed by atoms with Crippen molar-refractivity contribution in [2.24, 2.45) is 5.41 Å². The molecular weight excluding hydrogens is 576 g/mol. The first kappa shape index (κ1) is 32.9. The average molecular weight is 613 g/mol. The number of hydrogen-bond acceptors (Lipinski definition) is 8. The van der Waals surface area contributed by atoms with E-state index in [1.165, 1.54) is 12.1 Å². The van der Waals surface area contributed by atoms with Crippen molar-refractivity contribution in [3.63, 3.8) is 0 Å². The molecule has 0 radical (unpaired) electrons. The van der Waals surface area contributed by atoms with Gasteiger partial charge < -0.3 is 30.1 Å². The fourth-order valence-corrected chi connectivity index (χ4v) is 5.59. The Balaban J connectivity index is 2.21. The monoisotopic (exact) mass is 611 g/mol. The summed E-state index contributed by atoms with van der Waals surface area (Å²) in [6, 6.07) is 10.5. The largest absolute Gasteiger partial charge is 0.491 e. The minimum absolute atomic E-state index is 0.0145. The lowest BCUT2D eigenvalue weighted by molar-refractivity contribution is 0.0683. The fraction of sp³-hybridized carbons (Fsp3) is 0.517. The standard InChI is InChI=1S/C29H36Cl2FN3O6/c1-28(2,3)14-24-29(16-33,21-6-4-18(31)13-22(21)32)25(20-12-17(30)5-7-23(20)40-11-10-36)26(35-24)41-27(39)34-9-8-19(38)15-37/h4-7,12-13,19,24-26,35-38H,8-11,14-15H2,1-3H3,(H,34,39)/t19-,24-,25-,26+,29-/m0/s1. The first-order valence-corrected chi connectivity index (χ1v) is 14.0. The number of nitrogens with zero attached hydrogens (tertiary/aromatic N) is 1. The van der Waals surface area contributed by atoms with Gasteiger partial charge in [0, 0.05) is 33.8 Å². The van der Waals surface area contributed by atoms with Crippen LogP contribution in [0, 0.1) is 22.6 Å². The van der Waals surface area contributed by atoms with Gasteiger partial charge in [0.05, 0.1) is 31.3 Å². The van der Waals surface area contributed by atoms with Crippen LogP contribution in [0.25, 0.3) is 0 Å². The second-order valence-electron chi connectivity index (χ2n) is 11.2. The second kappa shape index (κ2) is 14.0. The van der Waals surface area contributed by atoms with E-state index in [1.807, 2.05) is 20.8 Å². The third-order valence-corrected chi connectivity index (χ3v) is 7.40. The zero-order valence-corrected chi connectivity index (χ0v) is 24.7. The number of aliphatic hydroxyl groups is 3. The highest BCUT2D eigenvalue weighted by atomic mass is 35.5. The summed E-state index contributed by atoms with van der Waals surface area (Å²) in [6.07, 6.45) is -2.55. The number of benzene rings is 2. The van der Waals surface area contributed by atoms with Crippen LogP contribution in [0.5, 0.6) is 5.75 Å². The van der Waals surface area contributed by atoms with E-state index >= 15 is 4.39 Å². The number of ether oxygens (including phenoxy) is 2. The van der Waals surface area contributed by atoms with Crippen molar-refractivity contribution in [2.45, 2.75) is 63.3 Å². The van der Waals surface area contributed by atoms with Crippen molar-refractivity contribution >= 4 is 29.3 Å². The number of carbonyl (C=O) groups excluding carboxylic acids is 1. The van der Waals surface area contributed by atoms with E-state index in [0.29, 0.717) is 17.0 Å². The number of rotatable bonds is 11. The Labute approximate surface area is 249 Å². The van der Waals surface area contributed by atoms with Crippen LogP contribution in [0.2, 0.25) is 10.0 Å². The van der Waals surface area contributed by atoms with Crippen LogP contribution in [0.3, 0.4) is 0 Å². The number of amides is 1. The molecule has 224 valence electrons. The molecule has 0 spiro atoms. The SMILES string of the molecule is CC(C)(C)C[C@@H]1N[C@H](OC(=O)NCC[C@H](O)CO)[C@H](c2cc(Cl)ccc2OCCO)[C@@]1(C#N)c1ccc(Cl)cc1F. The maximum Gasteiger partial charge on any atom is 0.408 e. The molecular formula is C29H36Cl2FN3O6. The summed E-state index contributed by atoms with van der Waals surface area (Å²) < 4.78 is 27.4. The van der Waals surface area contributed by atoms with E-state index in [1.54, 1.807) is 18.2 Å². The van der Waals surface area contributed by atoms with Crippen molar-refractivity contribution in [3.8, 4) is 11.8 Å². The summed E-state index contributed by atoms with van der Waals surface area (Å²) in [6.45, 7) is 5.15. The van der Waals surface area contributed by atoms with E-state index < -0.39 is 48.2 Å². The van der Waals surface area contributed by atoms with Crippen LogP contribution in [0.15, 0.2) is 36.4 Å². The van der Waals surface area contributed by atoms with E-state index in [9.17, 15) is 20.3 Å². The average Bonchev–Trinajstić information content (AvgIpc) is 3.18. The lowest BCUT2D eigenvalue weighted by Gasteiger charge is -2.37. The molecule has 1 aliphatic heterocycles. The summed E-state index contributed by atoms with van der Waals surface area (Å²) in [5, 5.41) is 45.3. The molecule has 2 aromatic carbocycles. The molecule has 0 saturated carbocycles. The van der Waals surface area contributed by atoms with Gasteiger partial charge in [0.1, 0.15) is 23.6 Å². The molecule has 12 heteroatoms. The Bertz CT molecular complexity index is 1250. The maximum absolute atomic E-state index is 15.8. The zero-order valence-electron chi connectivity index (χ0n) is 23.2. The molecule has 1 aliphatic rings. The van der Waals surface area contributed by atoms with Crippen molar-refractivity contribution in [3.05, 3.63) is 63.4 Å². The highest BCUT2D eigenvalue weighted by Gasteiger charge is 2.61. The van der Waals surface area contributed by atoms with Crippen molar-refractivity contribution in [1.82, 2.24) is 10.6 Å². The molecule has 1 amide bonds. The van der Waals surface area contributed by atoms with Crippen molar-refractivity contribution in [1.29, 1.82) is 5.26 Å².